The predicted octanol–water partition coefficient (Wildman–Crippen LogP) is 1.87. The van der Waals surface area contributed by atoms with E-state index >= 15 is 0 Å². The van der Waals surface area contributed by atoms with Crippen molar-refractivity contribution in [2.24, 2.45) is 0 Å². The molecule has 0 unspecified atom stereocenters. The number of anilines is 1. The normalized spacial score (nSPS) is 14.9. The SMILES string of the molecule is CCOC(=O)c1cccc(NC(=S)NCCCN2CCOCC2)c1. The standard InChI is InChI=1S/C17H25N3O3S/c1-2-23-16(21)14-5-3-6-15(13-14)19-17(24)18-7-4-8-20-9-11-22-12-10-20/h3,5-6,13H,2,4,7-12H2,1H3,(H2,18,19,24). The van der Waals surface area contributed by atoms with E-state index in [0.29, 0.717) is 17.3 Å². The summed E-state index contributed by atoms with van der Waals surface area (Å²) < 4.78 is 10.3. The van der Waals surface area contributed by atoms with E-state index in [1.807, 2.05) is 6.07 Å². The summed E-state index contributed by atoms with van der Waals surface area (Å²) in [5, 5.41) is 6.84. The molecule has 0 amide bonds. The van der Waals surface area contributed by atoms with E-state index in [2.05, 4.69) is 15.5 Å². The zero-order chi connectivity index (χ0) is 17.2. The van der Waals surface area contributed by atoms with Crippen molar-refractivity contribution >= 4 is 29.0 Å². The van der Waals surface area contributed by atoms with Crippen molar-refractivity contribution in [1.82, 2.24) is 10.2 Å². The van der Waals surface area contributed by atoms with Gasteiger partial charge in [0.1, 0.15) is 0 Å². The van der Waals surface area contributed by atoms with E-state index in [0.717, 1.165) is 51.5 Å². The summed E-state index contributed by atoms with van der Waals surface area (Å²) in [5.41, 5.74) is 1.28. The molecule has 7 heteroatoms. The van der Waals surface area contributed by atoms with Crippen LogP contribution in [0.3, 0.4) is 0 Å². The average Bonchev–Trinajstić information content (AvgIpc) is 2.60. The van der Waals surface area contributed by atoms with Gasteiger partial charge in [-0.1, -0.05) is 6.07 Å². The van der Waals surface area contributed by atoms with Gasteiger partial charge in [0.25, 0.3) is 0 Å². The van der Waals surface area contributed by atoms with Gasteiger partial charge < -0.3 is 20.1 Å². The second kappa shape index (κ2) is 10.2. The molecule has 0 atom stereocenters. The van der Waals surface area contributed by atoms with Crippen LogP contribution in [0.4, 0.5) is 5.69 Å². The van der Waals surface area contributed by atoms with Crippen LogP contribution in [0.5, 0.6) is 0 Å². The first-order valence-electron chi connectivity index (χ1n) is 8.31. The van der Waals surface area contributed by atoms with Gasteiger partial charge in [-0.05, 0) is 50.3 Å². The van der Waals surface area contributed by atoms with Gasteiger partial charge in [-0.15, -0.1) is 0 Å². The summed E-state index contributed by atoms with van der Waals surface area (Å²) in [7, 11) is 0. The molecule has 0 aromatic heterocycles. The van der Waals surface area contributed by atoms with Crippen molar-refractivity contribution in [3.8, 4) is 0 Å². The quantitative estimate of drug-likeness (QED) is 0.442. The smallest absolute Gasteiger partial charge is 0.338 e. The number of thiocarbonyl (C=S) groups is 1. The van der Waals surface area contributed by atoms with Crippen LogP contribution >= 0.6 is 12.2 Å². The lowest BCUT2D eigenvalue weighted by atomic mass is 10.2. The van der Waals surface area contributed by atoms with Gasteiger partial charge in [-0.2, -0.15) is 0 Å². The lowest BCUT2D eigenvalue weighted by Crippen LogP contribution is -2.38. The Bertz CT molecular complexity index is 548. The summed E-state index contributed by atoms with van der Waals surface area (Å²) in [4.78, 5) is 14.1. The fraction of sp³-hybridized carbons (Fsp3) is 0.529. The lowest BCUT2D eigenvalue weighted by Gasteiger charge is -2.26. The van der Waals surface area contributed by atoms with Gasteiger partial charge in [-0.3, -0.25) is 4.90 Å². The van der Waals surface area contributed by atoms with Crippen LogP contribution in [-0.4, -0.2) is 62.0 Å². The fourth-order valence-corrected chi connectivity index (χ4v) is 2.66. The van der Waals surface area contributed by atoms with E-state index in [1.54, 1.807) is 25.1 Å². The van der Waals surface area contributed by atoms with Crippen molar-refractivity contribution < 1.29 is 14.3 Å². The van der Waals surface area contributed by atoms with Crippen LogP contribution in [0.1, 0.15) is 23.7 Å². The van der Waals surface area contributed by atoms with Crippen molar-refractivity contribution in [3.63, 3.8) is 0 Å². The second-order valence-corrected chi connectivity index (χ2v) is 5.90. The molecule has 1 aromatic carbocycles. The molecule has 2 rings (SSSR count). The zero-order valence-electron chi connectivity index (χ0n) is 14.0. The van der Waals surface area contributed by atoms with E-state index in [9.17, 15) is 4.79 Å². The highest BCUT2D eigenvalue weighted by atomic mass is 32.1. The molecule has 24 heavy (non-hydrogen) atoms. The molecular formula is C17H25N3O3S. The Morgan fingerprint density at radius 1 is 1.38 bits per heavy atom. The largest absolute Gasteiger partial charge is 0.462 e. The minimum atomic E-state index is -0.328. The summed E-state index contributed by atoms with van der Waals surface area (Å²) in [6.45, 7) is 7.65. The third kappa shape index (κ3) is 6.43. The maximum atomic E-state index is 11.7. The third-order valence-corrected chi connectivity index (χ3v) is 3.92. The highest BCUT2D eigenvalue weighted by Crippen LogP contribution is 2.11. The molecule has 0 aliphatic carbocycles. The molecule has 1 saturated heterocycles. The first-order chi connectivity index (χ1) is 11.7. The first-order valence-corrected chi connectivity index (χ1v) is 8.72. The molecule has 1 aliphatic rings. The maximum Gasteiger partial charge on any atom is 0.338 e. The Kier molecular flexibility index (Phi) is 7.94. The molecule has 0 radical (unpaired) electrons. The van der Waals surface area contributed by atoms with Gasteiger partial charge in [0, 0.05) is 25.3 Å². The molecule has 6 nitrogen and oxygen atoms in total. The van der Waals surface area contributed by atoms with E-state index < -0.39 is 0 Å². The number of benzene rings is 1. The van der Waals surface area contributed by atoms with Crippen molar-refractivity contribution in [2.75, 3.05) is 51.3 Å². The topological polar surface area (TPSA) is 62.8 Å². The average molecular weight is 351 g/mol. The van der Waals surface area contributed by atoms with Crippen LogP contribution in [0.15, 0.2) is 24.3 Å². The highest BCUT2D eigenvalue weighted by Gasteiger charge is 2.10. The molecule has 1 fully saturated rings. The summed E-state index contributed by atoms with van der Waals surface area (Å²) >= 11 is 5.29. The van der Waals surface area contributed by atoms with E-state index in [-0.39, 0.29) is 5.97 Å². The molecule has 1 aliphatic heterocycles. The number of ether oxygens (including phenoxy) is 2. The van der Waals surface area contributed by atoms with Gasteiger partial charge in [0.2, 0.25) is 0 Å². The predicted molar refractivity (Wildman–Crippen MR) is 98.5 cm³/mol. The molecule has 132 valence electrons. The summed E-state index contributed by atoms with van der Waals surface area (Å²) in [6, 6.07) is 7.13. The fourth-order valence-electron chi connectivity index (χ4n) is 2.44. The van der Waals surface area contributed by atoms with Gasteiger partial charge >= 0.3 is 5.97 Å². The van der Waals surface area contributed by atoms with E-state index in [1.165, 1.54) is 0 Å². The number of nitrogens with one attached hydrogen (secondary N) is 2. The Morgan fingerprint density at radius 3 is 2.92 bits per heavy atom. The van der Waals surface area contributed by atoms with Crippen LogP contribution in [0.2, 0.25) is 0 Å². The number of esters is 1. The van der Waals surface area contributed by atoms with Crippen LogP contribution in [-0.2, 0) is 9.47 Å². The minimum absolute atomic E-state index is 0.328. The Balaban J connectivity index is 1.70. The van der Waals surface area contributed by atoms with Crippen molar-refractivity contribution in [1.29, 1.82) is 0 Å². The maximum absolute atomic E-state index is 11.7. The molecular weight excluding hydrogens is 326 g/mol. The van der Waals surface area contributed by atoms with Crippen molar-refractivity contribution in [2.45, 2.75) is 13.3 Å². The Hall–Kier alpha value is -1.70. The number of hydrogen-bond acceptors (Lipinski definition) is 5. The molecule has 2 N–H and O–H groups in total. The molecule has 0 saturated carbocycles. The summed E-state index contributed by atoms with van der Waals surface area (Å²) in [5.74, 6) is -0.328. The van der Waals surface area contributed by atoms with Gasteiger partial charge in [-0.25, -0.2) is 4.79 Å². The van der Waals surface area contributed by atoms with Crippen LogP contribution in [0, 0.1) is 0 Å². The van der Waals surface area contributed by atoms with Gasteiger partial charge in [0.05, 0.1) is 25.4 Å². The molecule has 1 heterocycles. The highest BCUT2D eigenvalue weighted by molar-refractivity contribution is 7.80. The number of hydrogen-bond donors (Lipinski definition) is 2. The second-order valence-electron chi connectivity index (χ2n) is 5.49. The van der Waals surface area contributed by atoms with E-state index in [4.69, 9.17) is 21.7 Å². The molecule has 0 spiro atoms. The number of rotatable bonds is 7. The Morgan fingerprint density at radius 2 is 2.17 bits per heavy atom. The minimum Gasteiger partial charge on any atom is -0.462 e. The number of morpholine rings is 1. The molecule has 1 aromatic rings. The van der Waals surface area contributed by atoms with Gasteiger partial charge in [0.15, 0.2) is 5.11 Å². The number of nitrogens with zero attached hydrogens (tertiary/aromatic N) is 1. The molecule has 0 bridgehead atoms. The summed E-state index contributed by atoms with van der Waals surface area (Å²) in [6.07, 6.45) is 1.02. The monoisotopic (exact) mass is 351 g/mol. The van der Waals surface area contributed by atoms with Crippen LogP contribution in [0.25, 0.3) is 0 Å². The lowest BCUT2D eigenvalue weighted by molar-refractivity contribution is 0.0376. The zero-order valence-corrected chi connectivity index (χ0v) is 14.9. The number of carbonyl (C=O) groups excluding carboxylic acids is 1. The first kappa shape index (κ1) is 18.6. The van der Waals surface area contributed by atoms with Crippen LogP contribution < -0.4 is 10.6 Å². The van der Waals surface area contributed by atoms with Crippen molar-refractivity contribution in [3.05, 3.63) is 29.8 Å². The number of carbonyl (C=O) groups is 1. The Labute approximate surface area is 148 Å². The third-order valence-electron chi connectivity index (χ3n) is 3.67.